The molecule has 1 unspecified atom stereocenters. The highest BCUT2D eigenvalue weighted by molar-refractivity contribution is 5.42. The number of fused-ring (bicyclic) bond motifs is 1. The van der Waals surface area contributed by atoms with Gasteiger partial charge in [-0.05, 0) is 55.7 Å². The number of hydrogen-bond acceptors (Lipinski definition) is 2. The molecule has 0 spiro atoms. The van der Waals surface area contributed by atoms with Crippen molar-refractivity contribution in [3.05, 3.63) is 29.3 Å². The molecule has 0 bridgehead atoms. The van der Waals surface area contributed by atoms with Gasteiger partial charge in [0.15, 0.2) is 0 Å². The summed E-state index contributed by atoms with van der Waals surface area (Å²) in [5.41, 5.74) is 2.79. The fraction of sp³-hybridized carbons (Fsp3) is 0.667. The van der Waals surface area contributed by atoms with E-state index in [0.717, 1.165) is 26.0 Å². The Morgan fingerprint density at radius 2 is 2.15 bits per heavy atom. The van der Waals surface area contributed by atoms with Gasteiger partial charge >= 0.3 is 0 Å². The van der Waals surface area contributed by atoms with Crippen LogP contribution in [0.25, 0.3) is 0 Å². The van der Waals surface area contributed by atoms with E-state index in [4.69, 9.17) is 4.74 Å². The molecule has 1 atom stereocenters. The Hall–Kier alpha value is -1.02. The first-order valence-electron chi connectivity index (χ1n) is 8.19. The molecular weight excluding hydrogens is 246 g/mol. The van der Waals surface area contributed by atoms with Crippen LogP contribution in [0, 0.1) is 5.92 Å². The summed E-state index contributed by atoms with van der Waals surface area (Å²) in [7, 11) is 0. The number of nitrogens with one attached hydrogen (secondary N) is 1. The monoisotopic (exact) mass is 275 g/mol. The maximum absolute atomic E-state index is 5.91. The highest BCUT2D eigenvalue weighted by Crippen LogP contribution is 2.30. The van der Waals surface area contributed by atoms with Gasteiger partial charge in [-0.2, -0.15) is 0 Å². The van der Waals surface area contributed by atoms with Gasteiger partial charge in [-0.15, -0.1) is 0 Å². The molecule has 1 aliphatic heterocycles. The second kappa shape index (κ2) is 7.68. The van der Waals surface area contributed by atoms with Crippen LogP contribution in [0.5, 0.6) is 5.75 Å². The van der Waals surface area contributed by atoms with E-state index < -0.39 is 0 Å². The Morgan fingerprint density at radius 3 is 2.90 bits per heavy atom. The Morgan fingerprint density at radius 1 is 1.30 bits per heavy atom. The summed E-state index contributed by atoms with van der Waals surface area (Å²) in [5.74, 6) is 1.86. The molecule has 0 saturated carbocycles. The van der Waals surface area contributed by atoms with E-state index in [0.29, 0.717) is 12.0 Å². The SMILES string of the molecule is CCCNC(CCc1cccc2c1OCCC2)C(C)C. The number of hydrogen-bond donors (Lipinski definition) is 1. The first-order chi connectivity index (χ1) is 9.72. The lowest BCUT2D eigenvalue weighted by atomic mass is 9.94. The normalized spacial score (nSPS) is 15.8. The highest BCUT2D eigenvalue weighted by atomic mass is 16.5. The zero-order valence-corrected chi connectivity index (χ0v) is 13.2. The molecule has 1 heterocycles. The molecule has 0 radical (unpaired) electrons. The average molecular weight is 275 g/mol. The van der Waals surface area contributed by atoms with Gasteiger partial charge in [0.1, 0.15) is 5.75 Å². The van der Waals surface area contributed by atoms with Gasteiger partial charge < -0.3 is 10.1 Å². The zero-order valence-electron chi connectivity index (χ0n) is 13.2. The van der Waals surface area contributed by atoms with Crippen LogP contribution in [-0.2, 0) is 12.8 Å². The van der Waals surface area contributed by atoms with E-state index in [1.54, 1.807) is 0 Å². The Kier molecular flexibility index (Phi) is 5.90. The number of ether oxygens (including phenoxy) is 1. The minimum absolute atomic E-state index is 0.606. The summed E-state index contributed by atoms with van der Waals surface area (Å²) in [5, 5.41) is 3.68. The summed E-state index contributed by atoms with van der Waals surface area (Å²) < 4.78 is 5.91. The summed E-state index contributed by atoms with van der Waals surface area (Å²) >= 11 is 0. The third kappa shape index (κ3) is 3.99. The van der Waals surface area contributed by atoms with Gasteiger partial charge in [0.2, 0.25) is 0 Å². The lowest BCUT2D eigenvalue weighted by Crippen LogP contribution is -2.34. The maximum atomic E-state index is 5.91. The first kappa shape index (κ1) is 15.4. The highest BCUT2D eigenvalue weighted by Gasteiger charge is 2.17. The molecule has 1 N–H and O–H groups in total. The summed E-state index contributed by atoms with van der Waals surface area (Å²) in [4.78, 5) is 0. The van der Waals surface area contributed by atoms with Gasteiger partial charge in [0.05, 0.1) is 6.61 Å². The van der Waals surface area contributed by atoms with E-state index in [1.165, 1.54) is 36.1 Å². The average Bonchev–Trinajstić information content (AvgIpc) is 2.47. The number of aryl methyl sites for hydroxylation is 2. The third-order valence-corrected chi connectivity index (χ3v) is 4.20. The van der Waals surface area contributed by atoms with Crippen LogP contribution < -0.4 is 10.1 Å². The molecular formula is C18H29NO. The predicted molar refractivity (Wildman–Crippen MR) is 85.5 cm³/mol. The van der Waals surface area contributed by atoms with Crippen LogP contribution in [0.2, 0.25) is 0 Å². The van der Waals surface area contributed by atoms with Crippen molar-refractivity contribution >= 4 is 0 Å². The molecule has 112 valence electrons. The van der Waals surface area contributed by atoms with E-state index in [1.807, 2.05) is 0 Å². The summed E-state index contributed by atoms with van der Waals surface area (Å²) in [6.45, 7) is 8.85. The molecule has 20 heavy (non-hydrogen) atoms. The third-order valence-electron chi connectivity index (χ3n) is 4.20. The summed E-state index contributed by atoms with van der Waals surface area (Å²) in [6, 6.07) is 7.25. The van der Waals surface area contributed by atoms with Gasteiger partial charge in [0.25, 0.3) is 0 Å². The van der Waals surface area contributed by atoms with E-state index in [9.17, 15) is 0 Å². The van der Waals surface area contributed by atoms with Crippen molar-refractivity contribution in [3.63, 3.8) is 0 Å². The van der Waals surface area contributed by atoms with Crippen LogP contribution in [0.15, 0.2) is 18.2 Å². The van der Waals surface area contributed by atoms with Crippen molar-refractivity contribution in [1.29, 1.82) is 0 Å². The molecule has 2 rings (SSSR count). The van der Waals surface area contributed by atoms with Gasteiger partial charge in [-0.1, -0.05) is 39.0 Å². The fourth-order valence-electron chi connectivity index (χ4n) is 2.97. The minimum atomic E-state index is 0.606. The fourth-order valence-corrected chi connectivity index (χ4v) is 2.97. The Balaban J connectivity index is 1.98. The van der Waals surface area contributed by atoms with Crippen molar-refractivity contribution in [3.8, 4) is 5.75 Å². The molecule has 1 aromatic rings. The lowest BCUT2D eigenvalue weighted by molar-refractivity contribution is 0.283. The molecule has 0 aliphatic carbocycles. The number of para-hydroxylation sites is 1. The predicted octanol–water partition coefficient (Wildman–Crippen LogP) is 3.97. The van der Waals surface area contributed by atoms with Crippen LogP contribution in [0.1, 0.15) is 51.2 Å². The quantitative estimate of drug-likeness (QED) is 0.813. The largest absolute Gasteiger partial charge is 0.493 e. The smallest absolute Gasteiger partial charge is 0.125 e. The molecule has 2 heteroatoms. The van der Waals surface area contributed by atoms with E-state index in [-0.39, 0.29) is 0 Å². The van der Waals surface area contributed by atoms with Crippen molar-refractivity contribution < 1.29 is 4.74 Å². The van der Waals surface area contributed by atoms with E-state index >= 15 is 0 Å². The van der Waals surface area contributed by atoms with Crippen molar-refractivity contribution in [1.82, 2.24) is 5.32 Å². The standard InChI is InChI=1S/C18H29NO/c1-4-12-19-17(14(2)3)11-10-16-8-5-7-15-9-6-13-20-18(15)16/h5,7-8,14,17,19H,4,6,9-13H2,1-3H3. The first-order valence-corrected chi connectivity index (χ1v) is 8.19. The maximum Gasteiger partial charge on any atom is 0.125 e. The van der Waals surface area contributed by atoms with Gasteiger partial charge in [-0.25, -0.2) is 0 Å². The van der Waals surface area contributed by atoms with Gasteiger partial charge in [-0.3, -0.25) is 0 Å². The topological polar surface area (TPSA) is 21.3 Å². The van der Waals surface area contributed by atoms with Crippen LogP contribution in [0.3, 0.4) is 0 Å². The molecule has 0 fully saturated rings. The molecule has 0 amide bonds. The minimum Gasteiger partial charge on any atom is -0.493 e. The van der Waals surface area contributed by atoms with Gasteiger partial charge in [0, 0.05) is 6.04 Å². The van der Waals surface area contributed by atoms with Crippen LogP contribution in [0.4, 0.5) is 0 Å². The van der Waals surface area contributed by atoms with Crippen molar-refractivity contribution in [2.45, 2.75) is 58.9 Å². The molecule has 2 nitrogen and oxygen atoms in total. The number of benzene rings is 1. The van der Waals surface area contributed by atoms with Crippen molar-refractivity contribution in [2.75, 3.05) is 13.2 Å². The van der Waals surface area contributed by atoms with Crippen LogP contribution >= 0.6 is 0 Å². The zero-order chi connectivity index (χ0) is 14.4. The van der Waals surface area contributed by atoms with E-state index in [2.05, 4.69) is 44.3 Å². The van der Waals surface area contributed by atoms with Crippen LogP contribution in [-0.4, -0.2) is 19.2 Å². The molecule has 1 aromatic carbocycles. The second-order valence-electron chi connectivity index (χ2n) is 6.20. The Labute approximate surface area is 123 Å². The molecule has 0 aromatic heterocycles. The van der Waals surface area contributed by atoms with Crippen molar-refractivity contribution in [2.24, 2.45) is 5.92 Å². The Bertz CT molecular complexity index is 414. The molecule has 0 saturated heterocycles. The lowest BCUT2D eigenvalue weighted by Gasteiger charge is -2.24. The number of rotatable bonds is 7. The second-order valence-corrected chi connectivity index (χ2v) is 6.20. The molecule has 1 aliphatic rings. The summed E-state index contributed by atoms with van der Waals surface area (Å²) in [6.07, 6.45) is 5.83.